The first-order chi connectivity index (χ1) is 14.8. The maximum absolute atomic E-state index is 12.6. The second-order valence-electron chi connectivity index (χ2n) is 6.68. The van der Waals surface area contributed by atoms with E-state index < -0.39 is 22.6 Å². The molecule has 0 aliphatic carbocycles. The van der Waals surface area contributed by atoms with Crippen molar-refractivity contribution in [3.63, 3.8) is 0 Å². The summed E-state index contributed by atoms with van der Waals surface area (Å²) in [6.07, 6.45) is 2.61. The minimum absolute atomic E-state index is 0.171. The second-order valence-corrected chi connectivity index (χ2v) is 9.41. The van der Waals surface area contributed by atoms with Gasteiger partial charge in [-0.1, -0.05) is 53.5 Å². The van der Waals surface area contributed by atoms with E-state index in [1.807, 2.05) is 0 Å². The Morgan fingerprint density at radius 2 is 1.65 bits per heavy atom. The van der Waals surface area contributed by atoms with Crippen LogP contribution in [0.1, 0.15) is 5.56 Å². The lowest BCUT2D eigenvalue weighted by Gasteiger charge is -2.33. The van der Waals surface area contributed by atoms with Crippen molar-refractivity contribution in [2.24, 2.45) is 0 Å². The molecule has 7 nitrogen and oxygen atoms in total. The van der Waals surface area contributed by atoms with E-state index in [2.05, 4.69) is 0 Å². The second kappa shape index (κ2) is 10.3. The summed E-state index contributed by atoms with van der Waals surface area (Å²) >= 11 is 12.0. The van der Waals surface area contributed by atoms with E-state index in [-0.39, 0.29) is 37.0 Å². The van der Waals surface area contributed by atoms with Crippen LogP contribution in [0.15, 0.2) is 59.5 Å². The van der Waals surface area contributed by atoms with Crippen molar-refractivity contribution in [3.8, 4) is 0 Å². The van der Waals surface area contributed by atoms with Crippen molar-refractivity contribution < 1.29 is 22.7 Å². The number of halogens is 2. The van der Waals surface area contributed by atoms with E-state index >= 15 is 0 Å². The molecule has 2 aromatic rings. The summed E-state index contributed by atoms with van der Waals surface area (Å²) in [7, 11) is -3.60. The molecule has 0 spiro atoms. The van der Waals surface area contributed by atoms with Crippen LogP contribution in [0.25, 0.3) is 6.08 Å². The quantitative estimate of drug-likeness (QED) is 0.466. The zero-order chi connectivity index (χ0) is 22.4. The normalized spacial score (nSPS) is 15.2. The number of hydrogen-bond acceptors (Lipinski definition) is 5. The average molecular weight is 483 g/mol. The Bertz CT molecular complexity index is 1080. The number of amides is 1. The van der Waals surface area contributed by atoms with Crippen molar-refractivity contribution >= 4 is 51.2 Å². The van der Waals surface area contributed by atoms with Crippen LogP contribution in [0.4, 0.5) is 0 Å². The fraction of sp³-hybridized carbons (Fsp3) is 0.238. The summed E-state index contributed by atoms with van der Waals surface area (Å²) in [5.41, 5.74) is 0.549. The van der Waals surface area contributed by atoms with Crippen LogP contribution in [0.3, 0.4) is 0 Å². The molecule has 0 saturated carbocycles. The predicted octanol–water partition coefficient (Wildman–Crippen LogP) is 3.08. The molecular formula is C21H20Cl2N2O5S. The van der Waals surface area contributed by atoms with E-state index in [1.54, 1.807) is 36.4 Å². The van der Waals surface area contributed by atoms with Crippen molar-refractivity contribution in [1.82, 2.24) is 9.21 Å². The molecule has 0 atom stereocenters. The molecule has 1 heterocycles. The van der Waals surface area contributed by atoms with Crippen LogP contribution in [-0.4, -0.2) is 62.3 Å². The first-order valence-corrected chi connectivity index (χ1v) is 11.6. The number of rotatable bonds is 6. The van der Waals surface area contributed by atoms with Crippen molar-refractivity contribution in [2.45, 2.75) is 4.90 Å². The highest BCUT2D eigenvalue weighted by Gasteiger charge is 2.30. The van der Waals surface area contributed by atoms with Gasteiger partial charge in [0.15, 0.2) is 6.61 Å². The zero-order valence-corrected chi connectivity index (χ0v) is 18.7. The molecule has 1 fully saturated rings. The average Bonchev–Trinajstić information content (AvgIpc) is 2.79. The van der Waals surface area contributed by atoms with Crippen LogP contribution in [0.5, 0.6) is 0 Å². The molecule has 0 radical (unpaired) electrons. The van der Waals surface area contributed by atoms with Crippen molar-refractivity contribution in [2.75, 3.05) is 32.8 Å². The highest BCUT2D eigenvalue weighted by atomic mass is 35.5. The van der Waals surface area contributed by atoms with E-state index in [0.29, 0.717) is 15.6 Å². The van der Waals surface area contributed by atoms with Gasteiger partial charge in [-0.2, -0.15) is 4.31 Å². The minimum atomic E-state index is -3.60. The molecule has 0 bridgehead atoms. The zero-order valence-electron chi connectivity index (χ0n) is 16.4. The van der Waals surface area contributed by atoms with E-state index in [9.17, 15) is 18.0 Å². The Kier molecular flexibility index (Phi) is 7.72. The molecule has 3 rings (SSSR count). The molecule has 0 aromatic heterocycles. The Hall–Kier alpha value is -2.39. The summed E-state index contributed by atoms with van der Waals surface area (Å²) in [6.45, 7) is 0.346. The SMILES string of the molecule is O=C(/C=C/c1cccc(Cl)c1Cl)OCC(=O)N1CCN(S(=O)(=O)c2ccccc2)CC1. The number of nitrogens with zero attached hydrogens (tertiary/aromatic N) is 2. The highest BCUT2D eigenvalue weighted by molar-refractivity contribution is 7.89. The highest BCUT2D eigenvalue weighted by Crippen LogP contribution is 2.26. The van der Waals surface area contributed by atoms with Gasteiger partial charge >= 0.3 is 5.97 Å². The van der Waals surface area contributed by atoms with E-state index in [1.165, 1.54) is 27.4 Å². The fourth-order valence-corrected chi connectivity index (χ4v) is 4.81. The van der Waals surface area contributed by atoms with Gasteiger partial charge in [-0.05, 0) is 29.8 Å². The van der Waals surface area contributed by atoms with Gasteiger partial charge in [-0.15, -0.1) is 0 Å². The van der Waals surface area contributed by atoms with Crippen molar-refractivity contribution in [3.05, 3.63) is 70.2 Å². The third-order valence-corrected chi connectivity index (χ3v) is 7.44. The lowest BCUT2D eigenvalue weighted by atomic mass is 10.2. The Morgan fingerprint density at radius 1 is 0.968 bits per heavy atom. The van der Waals surface area contributed by atoms with Gasteiger partial charge in [0, 0.05) is 32.3 Å². The fourth-order valence-electron chi connectivity index (χ4n) is 3.00. The molecule has 164 valence electrons. The van der Waals surface area contributed by atoms with Gasteiger partial charge < -0.3 is 9.64 Å². The van der Waals surface area contributed by atoms with Gasteiger partial charge in [0.25, 0.3) is 5.91 Å². The lowest BCUT2D eigenvalue weighted by molar-refractivity contribution is -0.148. The summed E-state index contributed by atoms with van der Waals surface area (Å²) in [6, 6.07) is 13.2. The van der Waals surface area contributed by atoms with Crippen molar-refractivity contribution in [1.29, 1.82) is 0 Å². The third kappa shape index (κ3) is 5.86. The van der Waals surface area contributed by atoms with Gasteiger partial charge in [-0.25, -0.2) is 13.2 Å². The number of piperazine rings is 1. The van der Waals surface area contributed by atoms with Gasteiger partial charge in [0.2, 0.25) is 10.0 Å². The van der Waals surface area contributed by atoms with Gasteiger partial charge in [-0.3, -0.25) is 4.79 Å². The molecule has 0 N–H and O–H groups in total. The number of carbonyl (C=O) groups is 2. The van der Waals surface area contributed by atoms with Crippen LogP contribution in [0.2, 0.25) is 10.0 Å². The molecule has 1 aliphatic heterocycles. The van der Waals surface area contributed by atoms with Crippen LogP contribution < -0.4 is 0 Å². The Labute approximate surface area is 190 Å². The maximum Gasteiger partial charge on any atom is 0.331 e. The van der Waals surface area contributed by atoms with Crippen LogP contribution >= 0.6 is 23.2 Å². The number of ether oxygens (including phenoxy) is 1. The third-order valence-electron chi connectivity index (χ3n) is 4.69. The summed E-state index contributed by atoms with van der Waals surface area (Å²) in [4.78, 5) is 25.9. The number of sulfonamides is 1. The standard InChI is InChI=1S/C21H20Cl2N2O5S/c22-18-8-4-5-16(21(18)23)9-10-20(27)30-15-19(26)24-11-13-25(14-12-24)31(28,29)17-6-2-1-3-7-17/h1-10H,11-15H2/b10-9+. The van der Waals surface area contributed by atoms with E-state index in [4.69, 9.17) is 27.9 Å². The maximum atomic E-state index is 12.6. The van der Waals surface area contributed by atoms with Crippen LogP contribution in [-0.2, 0) is 24.3 Å². The minimum Gasteiger partial charge on any atom is -0.452 e. The molecule has 2 aromatic carbocycles. The van der Waals surface area contributed by atoms with E-state index in [0.717, 1.165) is 6.08 Å². The largest absolute Gasteiger partial charge is 0.452 e. The molecule has 10 heteroatoms. The predicted molar refractivity (Wildman–Crippen MR) is 118 cm³/mol. The number of benzene rings is 2. The molecule has 31 heavy (non-hydrogen) atoms. The first kappa shape index (κ1) is 23.3. The molecule has 1 aliphatic rings. The number of carbonyl (C=O) groups excluding carboxylic acids is 2. The topological polar surface area (TPSA) is 84.0 Å². The van der Waals surface area contributed by atoms with Crippen LogP contribution in [0, 0.1) is 0 Å². The Morgan fingerprint density at radius 3 is 2.32 bits per heavy atom. The summed E-state index contributed by atoms with van der Waals surface area (Å²) < 4.78 is 31.6. The molecule has 0 unspecified atom stereocenters. The molecule has 1 saturated heterocycles. The molecular weight excluding hydrogens is 463 g/mol. The van der Waals surface area contributed by atoms with Gasteiger partial charge in [0.05, 0.1) is 14.9 Å². The summed E-state index contributed by atoms with van der Waals surface area (Å²) in [5.74, 6) is -1.09. The lowest BCUT2D eigenvalue weighted by Crippen LogP contribution is -2.51. The number of esters is 1. The smallest absolute Gasteiger partial charge is 0.331 e. The Balaban J connectivity index is 1.48. The monoisotopic (exact) mass is 482 g/mol. The summed E-state index contributed by atoms with van der Waals surface area (Å²) in [5, 5.41) is 0.674. The first-order valence-electron chi connectivity index (χ1n) is 9.41. The van der Waals surface area contributed by atoms with Gasteiger partial charge in [0.1, 0.15) is 0 Å². The molecule has 1 amide bonds. The number of hydrogen-bond donors (Lipinski definition) is 0.